The summed E-state index contributed by atoms with van der Waals surface area (Å²) < 4.78 is 40.1. The predicted octanol–water partition coefficient (Wildman–Crippen LogP) is 3.76. The lowest BCUT2D eigenvalue weighted by Gasteiger charge is -2.10. The van der Waals surface area contributed by atoms with Gasteiger partial charge in [-0.3, -0.25) is 4.72 Å². The maximum absolute atomic E-state index is 13.2. The smallest absolute Gasteiger partial charge is 0.271 e. The summed E-state index contributed by atoms with van der Waals surface area (Å²) in [5.41, 5.74) is 0.882. The molecule has 2 rings (SSSR count). The summed E-state index contributed by atoms with van der Waals surface area (Å²) in [7, 11) is -3.60. The lowest BCUT2D eigenvalue weighted by atomic mass is 10.2. The van der Waals surface area contributed by atoms with Gasteiger partial charge in [0.25, 0.3) is 10.0 Å². The van der Waals surface area contributed by atoms with Crippen molar-refractivity contribution in [1.82, 2.24) is 0 Å². The fourth-order valence-electron chi connectivity index (χ4n) is 1.37. The largest absolute Gasteiger partial charge is 0.279 e. The number of sulfonamides is 1. The van der Waals surface area contributed by atoms with Gasteiger partial charge in [0, 0.05) is 0 Å². The fourth-order valence-corrected chi connectivity index (χ4v) is 3.83. The molecule has 0 saturated heterocycles. The monoisotopic (exact) mass is 349 g/mol. The van der Waals surface area contributed by atoms with E-state index in [1.54, 1.807) is 18.4 Å². The van der Waals surface area contributed by atoms with E-state index in [4.69, 9.17) is 0 Å². The van der Waals surface area contributed by atoms with Gasteiger partial charge in [0.2, 0.25) is 0 Å². The van der Waals surface area contributed by atoms with E-state index in [0.717, 1.165) is 11.3 Å². The van der Waals surface area contributed by atoms with Gasteiger partial charge >= 0.3 is 0 Å². The Labute approximate surface area is 117 Å². The van der Waals surface area contributed by atoms with Gasteiger partial charge in [-0.2, -0.15) is 0 Å². The molecule has 0 radical (unpaired) electrons. The van der Waals surface area contributed by atoms with Crippen molar-refractivity contribution in [3.05, 3.63) is 45.5 Å². The first-order chi connectivity index (χ1) is 8.40. The standard InChI is InChI=1S/C11H9BrFNO2S2/c1-7-5-9(13)8(12)6-10(7)14-18(15,16)11-3-2-4-17-11/h2-6,14H,1H3. The van der Waals surface area contributed by atoms with Crippen LogP contribution < -0.4 is 4.72 Å². The molecule has 7 heteroatoms. The second-order valence-corrected chi connectivity index (χ2v) is 7.33. The average molecular weight is 350 g/mol. The van der Waals surface area contributed by atoms with Crippen molar-refractivity contribution in [3.63, 3.8) is 0 Å². The SMILES string of the molecule is Cc1cc(F)c(Br)cc1NS(=O)(=O)c1cccs1. The highest BCUT2D eigenvalue weighted by Crippen LogP contribution is 2.27. The van der Waals surface area contributed by atoms with Gasteiger partial charge in [-0.25, -0.2) is 12.8 Å². The first-order valence-electron chi connectivity index (χ1n) is 4.92. The number of hydrogen-bond donors (Lipinski definition) is 1. The topological polar surface area (TPSA) is 46.2 Å². The van der Waals surface area contributed by atoms with Gasteiger partial charge in [-0.1, -0.05) is 6.07 Å². The van der Waals surface area contributed by atoms with Gasteiger partial charge < -0.3 is 0 Å². The van der Waals surface area contributed by atoms with Crippen molar-refractivity contribution in [3.8, 4) is 0 Å². The first-order valence-corrected chi connectivity index (χ1v) is 8.08. The molecule has 0 atom stereocenters. The summed E-state index contributed by atoms with van der Waals surface area (Å²) in [6, 6.07) is 5.86. The number of aryl methyl sites for hydroxylation is 1. The van der Waals surface area contributed by atoms with E-state index in [9.17, 15) is 12.8 Å². The van der Waals surface area contributed by atoms with Crippen LogP contribution in [0, 0.1) is 12.7 Å². The molecule has 18 heavy (non-hydrogen) atoms. The molecular weight excluding hydrogens is 341 g/mol. The molecule has 0 spiro atoms. The van der Waals surface area contributed by atoms with Crippen LogP contribution in [0.25, 0.3) is 0 Å². The molecular formula is C11H9BrFNO2S2. The van der Waals surface area contributed by atoms with Crippen LogP contribution in [0.5, 0.6) is 0 Å². The van der Waals surface area contributed by atoms with E-state index in [1.807, 2.05) is 0 Å². The summed E-state index contributed by atoms with van der Waals surface area (Å²) in [4.78, 5) is 0. The Balaban J connectivity index is 2.39. The van der Waals surface area contributed by atoms with E-state index in [1.165, 1.54) is 18.2 Å². The van der Waals surface area contributed by atoms with E-state index in [0.29, 0.717) is 11.3 Å². The Hall–Kier alpha value is -0.920. The van der Waals surface area contributed by atoms with Crippen LogP contribution in [-0.4, -0.2) is 8.42 Å². The van der Waals surface area contributed by atoms with Crippen LogP contribution in [0.2, 0.25) is 0 Å². The molecule has 0 aliphatic rings. The van der Waals surface area contributed by atoms with Gasteiger partial charge in [-0.05, 0) is 52.0 Å². The lowest BCUT2D eigenvalue weighted by molar-refractivity contribution is 0.602. The van der Waals surface area contributed by atoms with Crippen LogP contribution >= 0.6 is 27.3 Å². The van der Waals surface area contributed by atoms with Crippen molar-refractivity contribution in [2.24, 2.45) is 0 Å². The zero-order valence-electron chi connectivity index (χ0n) is 9.28. The third-order valence-electron chi connectivity index (χ3n) is 2.27. The molecule has 1 heterocycles. The Morgan fingerprint density at radius 2 is 2.11 bits per heavy atom. The molecule has 96 valence electrons. The van der Waals surface area contributed by atoms with Gasteiger partial charge in [0.15, 0.2) is 0 Å². The third kappa shape index (κ3) is 2.73. The number of halogens is 2. The second kappa shape index (κ2) is 4.99. The maximum Gasteiger partial charge on any atom is 0.271 e. The molecule has 3 nitrogen and oxygen atoms in total. The Bertz CT molecular complexity index is 669. The van der Waals surface area contributed by atoms with E-state index < -0.39 is 15.8 Å². The summed E-state index contributed by atoms with van der Waals surface area (Å²) >= 11 is 4.16. The second-order valence-electron chi connectivity index (χ2n) is 3.62. The molecule has 0 aliphatic heterocycles. The predicted molar refractivity (Wildman–Crippen MR) is 74.0 cm³/mol. The Morgan fingerprint density at radius 1 is 1.39 bits per heavy atom. The molecule has 0 unspecified atom stereocenters. The van der Waals surface area contributed by atoms with Crippen LogP contribution in [0.1, 0.15) is 5.56 Å². The molecule has 2 aromatic rings. The van der Waals surface area contributed by atoms with Crippen molar-refractivity contribution in [1.29, 1.82) is 0 Å². The van der Waals surface area contributed by atoms with Gasteiger partial charge in [0.1, 0.15) is 10.0 Å². The van der Waals surface area contributed by atoms with E-state index in [2.05, 4.69) is 20.7 Å². The highest BCUT2D eigenvalue weighted by Gasteiger charge is 2.17. The molecule has 0 saturated carbocycles. The van der Waals surface area contributed by atoms with Gasteiger partial charge in [-0.15, -0.1) is 11.3 Å². The van der Waals surface area contributed by atoms with Crippen LogP contribution in [0.4, 0.5) is 10.1 Å². The summed E-state index contributed by atoms with van der Waals surface area (Å²) in [6.07, 6.45) is 0. The number of rotatable bonds is 3. The van der Waals surface area contributed by atoms with E-state index >= 15 is 0 Å². The van der Waals surface area contributed by atoms with Crippen molar-refractivity contribution in [2.45, 2.75) is 11.1 Å². The Kier molecular flexibility index (Phi) is 3.74. The molecule has 0 amide bonds. The molecule has 0 bridgehead atoms. The fraction of sp³-hybridized carbons (Fsp3) is 0.0909. The number of anilines is 1. The van der Waals surface area contributed by atoms with Crippen LogP contribution in [0.3, 0.4) is 0 Å². The molecule has 0 fully saturated rings. The third-order valence-corrected chi connectivity index (χ3v) is 5.64. The Morgan fingerprint density at radius 3 is 2.72 bits per heavy atom. The van der Waals surface area contributed by atoms with Crippen molar-refractivity contribution in [2.75, 3.05) is 4.72 Å². The number of nitrogens with one attached hydrogen (secondary N) is 1. The zero-order valence-corrected chi connectivity index (χ0v) is 12.5. The minimum absolute atomic E-state index is 0.219. The highest BCUT2D eigenvalue weighted by atomic mass is 79.9. The number of benzene rings is 1. The van der Waals surface area contributed by atoms with Gasteiger partial charge in [0.05, 0.1) is 10.2 Å². The zero-order chi connectivity index (χ0) is 13.3. The average Bonchev–Trinajstić information content (AvgIpc) is 2.79. The summed E-state index contributed by atoms with van der Waals surface area (Å²) in [6.45, 7) is 1.64. The van der Waals surface area contributed by atoms with Crippen molar-refractivity contribution < 1.29 is 12.8 Å². The summed E-state index contributed by atoms with van der Waals surface area (Å²) in [5, 5.41) is 1.68. The number of thiophene rings is 1. The minimum Gasteiger partial charge on any atom is -0.279 e. The molecule has 1 aromatic heterocycles. The lowest BCUT2D eigenvalue weighted by Crippen LogP contribution is -2.12. The molecule has 1 N–H and O–H groups in total. The minimum atomic E-state index is -3.60. The summed E-state index contributed by atoms with van der Waals surface area (Å²) in [5.74, 6) is -0.424. The van der Waals surface area contributed by atoms with Crippen LogP contribution in [-0.2, 0) is 10.0 Å². The van der Waals surface area contributed by atoms with Crippen LogP contribution in [0.15, 0.2) is 38.3 Å². The highest BCUT2D eigenvalue weighted by molar-refractivity contribution is 9.10. The first kappa shape index (κ1) is 13.5. The normalized spacial score (nSPS) is 11.5. The number of hydrogen-bond acceptors (Lipinski definition) is 3. The quantitative estimate of drug-likeness (QED) is 0.916. The molecule has 0 aliphatic carbocycles. The van der Waals surface area contributed by atoms with E-state index in [-0.39, 0.29) is 8.68 Å². The van der Waals surface area contributed by atoms with Crippen molar-refractivity contribution >= 4 is 43.0 Å². The molecule has 1 aromatic carbocycles. The maximum atomic E-state index is 13.2.